The van der Waals surface area contributed by atoms with Gasteiger partial charge in [-0.1, -0.05) is 11.2 Å². The van der Waals surface area contributed by atoms with Crippen molar-refractivity contribution in [3.8, 4) is 0 Å². The molecule has 0 aliphatic carbocycles. The van der Waals surface area contributed by atoms with E-state index < -0.39 is 0 Å². The molecule has 3 rings (SSSR count). The normalized spacial score (nSPS) is 20.8. The van der Waals surface area contributed by atoms with E-state index in [1.54, 1.807) is 6.20 Å². The van der Waals surface area contributed by atoms with Gasteiger partial charge in [-0.2, -0.15) is 0 Å². The molecule has 0 spiro atoms. The predicted octanol–water partition coefficient (Wildman–Crippen LogP) is 2.41. The molecule has 0 saturated carbocycles. The molecular formula is C13H15N3O. The van der Waals surface area contributed by atoms with Crippen LogP contribution in [0.2, 0.25) is 0 Å². The zero-order valence-electron chi connectivity index (χ0n) is 9.62. The van der Waals surface area contributed by atoms with Crippen LogP contribution in [0, 0.1) is 0 Å². The van der Waals surface area contributed by atoms with E-state index in [4.69, 9.17) is 4.52 Å². The van der Waals surface area contributed by atoms with Crippen LogP contribution in [0.4, 0.5) is 0 Å². The van der Waals surface area contributed by atoms with Gasteiger partial charge < -0.3 is 4.52 Å². The summed E-state index contributed by atoms with van der Waals surface area (Å²) in [6.45, 7) is 1.94. The Morgan fingerprint density at radius 2 is 2.35 bits per heavy atom. The van der Waals surface area contributed by atoms with Gasteiger partial charge in [-0.3, -0.25) is 9.88 Å². The first-order valence-corrected chi connectivity index (χ1v) is 5.97. The quantitative estimate of drug-likeness (QED) is 0.810. The lowest BCUT2D eigenvalue weighted by Crippen LogP contribution is -2.22. The van der Waals surface area contributed by atoms with Crippen molar-refractivity contribution in [2.24, 2.45) is 0 Å². The van der Waals surface area contributed by atoms with Crippen LogP contribution in [-0.4, -0.2) is 21.6 Å². The molecule has 2 aromatic rings. The van der Waals surface area contributed by atoms with Crippen molar-refractivity contribution in [3.05, 3.63) is 48.1 Å². The first kappa shape index (κ1) is 10.5. The Morgan fingerprint density at radius 3 is 3.12 bits per heavy atom. The van der Waals surface area contributed by atoms with Crippen molar-refractivity contribution in [1.29, 1.82) is 0 Å². The molecule has 1 aliphatic heterocycles. The highest BCUT2D eigenvalue weighted by atomic mass is 16.5. The van der Waals surface area contributed by atoms with E-state index in [1.165, 1.54) is 18.4 Å². The summed E-state index contributed by atoms with van der Waals surface area (Å²) in [5, 5.41) is 3.75. The second-order valence-electron chi connectivity index (χ2n) is 4.39. The van der Waals surface area contributed by atoms with Crippen LogP contribution in [0.1, 0.15) is 30.2 Å². The number of hydrogen-bond donors (Lipinski definition) is 0. The average Bonchev–Trinajstić information content (AvgIpc) is 3.02. The van der Waals surface area contributed by atoms with Gasteiger partial charge in [-0.05, 0) is 31.0 Å². The molecule has 3 heterocycles. The van der Waals surface area contributed by atoms with Crippen molar-refractivity contribution in [2.75, 3.05) is 6.54 Å². The third-order valence-corrected chi connectivity index (χ3v) is 3.28. The minimum Gasteiger partial charge on any atom is -0.360 e. The molecule has 2 aromatic heterocycles. The molecule has 1 atom stereocenters. The van der Waals surface area contributed by atoms with E-state index in [-0.39, 0.29) is 0 Å². The fraction of sp³-hybridized carbons (Fsp3) is 0.385. The molecule has 1 aliphatic rings. The molecule has 0 amide bonds. The zero-order chi connectivity index (χ0) is 11.5. The Hall–Kier alpha value is -1.68. The lowest BCUT2D eigenvalue weighted by atomic mass is 10.1. The van der Waals surface area contributed by atoms with Gasteiger partial charge in [0.1, 0.15) is 0 Å². The molecule has 4 nitrogen and oxygen atoms in total. The Morgan fingerprint density at radius 1 is 1.35 bits per heavy atom. The summed E-state index contributed by atoms with van der Waals surface area (Å²) < 4.78 is 5.17. The molecular weight excluding hydrogens is 214 g/mol. The van der Waals surface area contributed by atoms with E-state index in [1.807, 2.05) is 24.5 Å². The molecule has 0 bridgehead atoms. The summed E-state index contributed by atoms with van der Waals surface area (Å²) in [4.78, 5) is 6.63. The summed E-state index contributed by atoms with van der Waals surface area (Å²) in [7, 11) is 0. The lowest BCUT2D eigenvalue weighted by molar-refractivity contribution is 0.216. The number of nitrogens with zero attached hydrogens (tertiary/aromatic N) is 3. The van der Waals surface area contributed by atoms with Gasteiger partial charge in [0.05, 0.1) is 12.7 Å². The molecule has 4 heteroatoms. The van der Waals surface area contributed by atoms with Gasteiger partial charge in [-0.25, -0.2) is 0 Å². The number of aromatic nitrogens is 2. The Balaban J connectivity index is 1.76. The molecule has 0 aromatic carbocycles. The van der Waals surface area contributed by atoms with Crippen LogP contribution in [0.15, 0.2) is 41.3 Å². The summed E-state index contributed by atoms with van der Waals surface area (Å²) >= 11 is 0. The highest BCUT2D eigenvalue weighted by Crippen LogP contribution is 2.32. The second-order valence-corrected chi connectivity index (χ2v) is 4.39. The molecule has 1 unspecified atom stereocenters. The molecule has 1 saturated heterocycles. The van der Waals surface area contributed by atoms with Crippen molar-refractivity contribution >= 4 is 0 Å². The van der Waals surface area contributed by atoms with E-state index in [9.17, 15) is 0 Å². The van der Waals surface area contributed by atoms with E-state index in [2.05, 4.69) is 21.1 Å². The Labute approximate surface area is 100 Å². The topological polar surface area (TPSA) is 42.2 Å². The van der Waals surface area contributed by atoms with Gasteiger partial charge in [-0.15, -0.1) is 0 Å². The van der Waals surface area contributed by atoms with Gasteiger partial charge in [0.25, 0.3) is 0 Å². The van der Waals surface area contributed by atoms with E-state index in [0.717, 1.165) is 18.8 Å². The molecule has 88 valence electrons. The monoisotopic (exact) mass is 229 g/mol. The summed E-state index contributed by atoms with van der Waals surface area (Å²) in [6, 6.07) is 6.55. The van der Waals surface area contributed by atoms with Crippen molar-refractivity contribution in [1.82, 2.24) is 15.0 Å². The van der Waals surface area contributed by atoms with Gasteiger partial charge in [0.15, 0.2) is 5.76 Å². The number of hydrogen-bond acceptors (Lipinski definition) is 4. The maximum atomic E-state index is 5.17. The molecule has 0 N–H and O–H groups in total. The van der Waals surface area contributed by atoms with E-state index in [0.29, 0.717) is 6.04 Å². The molecule has 0 radical (unpaired) electrons. The van der Waals surface area contributed by atoms with E-state index >= 15 is 0 Å². The lowest BCUT2D eigenvalue weighted by Gasteiger charge is -2.23. The van der Waals surface area contributed by atoms with Crippen molar-refractivity contribution in [3.63, 3.8) is 0 Å². The SMILES string of the molecule is c1cncc(C2CCCN2Cc2ccno2)c1. The number of likely N-dealkylation sites (tertiary alicyclic amines) is 1. The summed E-state index contributed by atoms with van der Waals surface area (Å²) in [6.07, 6.45) is 7.90. The maximum Gasteiger partial charge on any atom is 0.150 e. The Bertz CT molecular complexity index is 455. The van der Waals surface area contributed by atoms with Crippen LogP contribution < -0.4 is 0 Å². The third kappa shape index (κ3) is 2.22. The summed E-state index contributed by atoms with van der Waals surface area (Å²) in [5.74, 6) is 0.931. The highest BCUT2D eigenvalue weighted by molar-refractivity contribution is 5.15. The Kier molecular flexibility index (Phi) is 2.88. The van der Waals surface area contributed by atoms with Crippen LogP contribution in [0.25, 0.3) is 0 Å². The third-order valence-electron chi connectivity index (χ3n) is 3.28. The first-order chi connectivity index (χ1) is 8.43. The van der Waals surface area contributed by atoms with Crippen molar-refractivity contribution in [2.45, 2.75) is 25.4 Å². The fourth-order valence-electron chi connectivity index (χ4n) is 2.49. The van der Waals surface area contributed by atoms with Crippen LogP contribution in [-0.2, 0) is 6.54 Å². The largest absolute Gasteiger partial charge is 0.360 e. The predicted molar refractivity (Wildman–Crippen MR) is 63.1 cm³/mol. The van der Waals surface area contributed by atoms with Crippen molar-refractivity contribution < 1.29 is 4.52 Å². The van der Waals surface area contributed by atoms with Crippen LogP contribution in [0.5, 0.6) is 0 Å². The highest BCUT2D eigenvalue weighted by Gasteiger charge is 2.26. The average molecular weight is 229 g/mol. The fourth-order valence-corrected chi connectivity index (χ4v) is 2.49. The molecule has 1 fully saturated rings. The second kappa shape index (κ2) is 4.67. The van der Waals surface area contributed by atoms with Crippen LogP contribution in [0.3, 0.4) is 0 Å². The maximum absolute atomic E-state index is 5.17. The van der Waals surface area contributed by atoms with Gasteiger partial charge in [0.2, 0.25) is 0 Å². The number of rotatable bonds is 3. The molecule has 17 heavy (non-hydrogen) atoms. The van der Waals surface area contributed by atoms with Gasteiger partial charge in [0, 0.05) is 24.5 Å². The summed E-state index contributed by atoms with van der Waals surface area (Å²) in [5.41, 5.74) is 1.30. The number of pyridine rings is 1. The first-order valence-electron chi connectivity index (χ1n) is 5.97. The van der Waals surface area contributed by atoms with Gasteiger partial charge >= 0.3 is 0 Å². The minimum atomic E-state index is 0.466. The standard InChI is InChI=1S/C13H15N3O/c1-3-11(9-14-6-1)13-4-2-8-16(13)10-12-5-7-15-17-12/h1,3,5-7,9,13H,2,4,8,10H2. The van der Waals surface area contributed by atoms with Crippen LogP contribution >= 0.6 is 0 Å². The smallest absolute Gasteiger partial charge is 0.150 e. The zero-order valence-corrected chi connectivity index (χ0v) is 9.62. The minimum absolute atomic E-state index is 0.466.